The summed E-state index contributed by atoms with van der Waals surface area (Å²) in [5.74, 6) is 0.261. The van der Waals surface area contributed by atoms with Crippen LogP contribution in [0.3, 0.4) is 0 Å². The van der Waals surface area contributed by atoms with Gasteiger partial charge >= 0.3 is 0 Å². The summed E-state index contributed by atoms with van der Waals surface area (Å²) >= 11 is 2.25. The van der Waals surface area contributed by atoms with Gasteiger partial charge in [-0.05, 0) is 40.8 Å². The minimum atomic E-state index is 0.261. The van der Waals surface area contributed by atoms with Gasteiger partial charge in [-0.25, -0.2) is 0 Å². The van der Waals surface area contributed by atoms with Crippen molar-refractivity contribution in [2.24, 2.45) is 0 Å². The SMILES string of the molecule is Oc1ccc2c(I)ccnc2c1. The molecule has 0 radical (unpaired) electrons. The number of halogens is 1. The Hall–Kier alpha value is -0.840. The number of aromatic nitrogens is 1. The Balaban J connectivity index is 2.86. The minimum absolute atomic E-state index is 0.261. The van der Waals surface area contributed by atoms with E-state index in [1.54, 1.807) is 18.3 Å². The summed E-state index contributed by atoms with van der Waals surface area (Å²) in [6.07, 6.45) is 1.74. The Bertz CT molecular complexity index is 428. The predicted octanol–water partition coefficient (Wildman–Crippen LogP) is 2.55. The molecule has 12 heavy (non-hydrogen) atoms. The molecular formula is C9H6INO. The maximum Gasteiger partial charge on any atom is 0.117 e. The molecule has 0 spiro atoms. The molecule has 0 amide bonds. The summed E-state index contributed by atoms with van der Waals surface area (Å²) < 4.78 is 1.15. The molecule has 2 aromatic rings. The quantitative estimate of drug-likeness (QED) is 0.747. The number of pyridine rings is 1. The molecule has 0 atom stereocenters. The van der Waals surface area contributed by atoms with E-state index in [-0.39, 0.29) is 5.75 Å². The third-order valence-corrected chi connectivity index (χ3v) is 2.61. The van der Waals surface area contributed by atoms with Crippen LogP contribution in [0.4, 0.5) is 0 Å². The summed E-state index contributed by atoms with van der Waals surface area (Å²) in [6.45, 7) is 0. The first kappa shape index (κ1) is 7.79. The molecule has 3 heteroatoms. The van der Waals surface area contributed by atoms with Crippen LogP contribution in [0.2, 0.25) is 0 Å². The number of benzene rings is 1. The monoisotopic (exact) mass is 271 g/mol. The number of phenolic OH excluding ortho intramolecular Hbond substituents is 1. The van der Waals surface area contributed by atoms with E-state index in [1.807, 2.05) is 12.1 Å². The summed E-state index contributed by atoms with van der Waals surface area (Å²) in [7, 11) is 0. The third kappa shape index (κ3) is 1.24. The lowest BCUT2D eigenvalue weighted by Crippen LogP contribution is -1.80. The number of phenols is 1. The van der Waals surface area contributed by atoms with Crippen molar-refractivity contribution in [1.29, 1.82) is 0 Å². The van der Waals surface area contributed by atoms with Crippen LogP contribution in [0.25, 0.3) is 10.9 Å². The highest BCUT2D eigenvalue weighted by atomic mass is 127. The summed E-state index contributed by atoms with van der Waals surface area (Å²) in [6, 6.07) is 7.16. The van der Waals surface area contributed by atoms with Gasteiger partial charge in [0.25, 0.3) is 0 Å². The molecule has 1 aromatic carbocycles. The van der Waals surface area contributed by atoms with Crippen molar-refractivity contribution in [1.82, 2.24) is 4.98 Å². The van der Waals surface area contributed by atoms with Gasteiger partial charge in [0.05, 0.1) is 5.52 Å². The highest BCUT2D eigenvalue weighted by Crippen LogP contribution is 2.21. The number of aromatic hydroxyl groups is 1. The van der Waals surface area contributed by atoms with E-state index in [9.17, 15) is 5.11 Å². The Morgan fingerprint density at radius 2 is 2.08 bits per heavy atom. The fourth-order valence-electron chi connectivity index (χ4n) is 1.10. The Kier molecular flexibility index (Phi) is 1.88. The van der Waals surface area contributed by atoms with Crippen molar-refractivity contribution in [3.05, 3.63) is 34.0 Å². The normalized spacial score (nSPS) is 10.4. The molecule has 1 aromatic heterocycles. The lowest BCUT2D eigenvalue weighted by molar-refractivity contribution is 0.476. The first-order valence-corrected chi connectivity index (χ1v) is 4.58. The fraction of sp³-hybridized carbons (Fsp3) is 0. The molecule has 60 valence electrons. The second-order valence-electron chi connectivity index (χ2n) is 2.49. The predicted molar refractivity (Wildman–Crippen MR) is 56.1 cm³/mol. The molecule has 0 saturated carbocycles. The zero-order valence-electron chi connectivity index (χ0n) is 6.16. The van der Waals surface area contributed by atoms with Crippen LogP contribution < -0.4 is 0 Å². The van der Waals surface area contributed by atoms with Gasteiger partial charge < -0.3 is 5.11 Å². The largest absolute Gasteiger partial charge is 0.508 e. The molecule has 2 nitrogen and oxygen atoms in total. The maximum absolute atomic E-state index is 9.18. The zero-order valence-corrected chi connectivity index (χ0v) is 8.32. The van der Waals surface area contributed by atoms with Crippen molar-refractivity contribution in [2.45, 2.75) is 0 Å². The van der Waals surface area contributed by atoms with Gasteiger partial charge in [-0.3, -0.25) is 4.98 Å². The molecule has 1 heterocycles. The topological polar surface area (TPSA) is 33.1 Å². The standard InChI is InChI=1S/C9H6INO/c10-8-3-4-11-9-5-6(12)1-2-7(8)9/h1-5,12H. The Morgan fingerprint density at radius 3 is 2.92 bits per heavy atom. The van der Waals surface area contributed by atoms with Crippen molar-refractivity contribution in [3.8, 4) is 5.75 Å². The van der Waals surface area contributed by atoms with E-state index in [4.69, 9.17) is 0 Å². The van der Waals surface area contributed by atoms with Gasteiger partial charge in [-0.1, -0.05) is 0 Å². The highest BCUT2D eigenvalue weighted by molar-refractivity contribution is 14.1. The van der Waals surface area contributed by atoms with E-state index in [1.165, 1.54) is 0 Å². The molecule has 0 saturated heterocycles. The van der Waals surface area contributed by atoms with Gasteiger partial charge in [0, 0.05) is 21.2 Å². The summed E-state index contributed by atoms with van der Waals surface area (Å²) in [4.78, 5) is 4.14. The third-order valence-electron chi connectivity index (χ3n) is 1.67. The molecule has 0 aliphatic rings. The number of hydrogen-bond donors (Lipinski definition) is 1. The van der Waals surface area contributed by atoms with Crippen LogP contribution in [0.1, 0.15) is 0 Å². The van der Waals surface area contributed by atoms with Crippen LogP contribution in [-0.4, -0.2) is 10.1 Å². The van der Waals surface area contributed by atoms with Crippen LogP contribution in [0.5, 0.6) is 5.75 Å². The summed E-state index contributed by atoms with van der Waals surface area (Å²) in [5, 5.41) is 10.3. The molecule has 0 bridgehead atoms. The molecule has 0 aliphatic heterocycles. The first-order valence-electron chi connectivity index (χ1n) is 3.50. The second-order valence-corrected chi connectivity index (χ2v) is 3.66. The average molecular weight is 271 g/mol. The molecule has 0 fully saturated rings. The molecule has 2 rings (SSSR count). The van der Waals surface area contributed by atoms with Gasteiger partial charge in [0.15, 0.2) is 0 Å². The fourth-order valence-corrected chi connectivity index (χ4v) is 1.72. The Labute approximate surface area is 83.4 Å². The lowest BCUT2D eigenvalue weighted by Gasteiger charge is -1.98. The lowest BCUT2D eigenvalue weighted by atomic mass is 10.2. The van der Waals surface area contributed by atoms with Crippen LogP contribution >= 0.6 is 22.6 Å². The van der Waals surface area contributed by atoms with Crippen molar-refractivity contribution >= 4 is 33.5 Å². The molecule has 1 N–H and O–H groups in total. The van der Waals surface area contributed by atoms with Gasteiger partial charge in [0.1, 0.15) is 5.75 Å². The van der Waals surface area contributed by atoms with Crippen molar-refractivity contribution in [2.75, 3.05) is 0 Å². The first-order chi connectivity index (χ1) is 5.77. The second kappa shape index (κ2) is 2.90. The van der Waals surface area contributed by atoms with E-state index in [0.717, 1.165) is 14.5 Å². The average Bonchev–Trinajstić information content (AvgIpc) is 2.04. The highest BCUT2D eigenvalue weighted by Gasteiger charge is 1.98. The number of hydrogen-bond acceptors (Lipinski definition) is 2. The van der Waals surface area contributed by atoms with Crippen LogP contribution in [-0.2, 0) is 0 Å². The van der Waals surface area contributed by atoms with Crippen molar-refractivity contribution in [3.63, 3.8) is 0 Å². The summed E-state index contributed by atoms with van der Waals surface area (Å²) in [5.41, 5.74) is 0.835. The van der Waals surface area contributed by atoms with Crippen LogP contribution in [0.15, 0.2) is 30.5 Å². The molecule has 0 aliphatic carbocycles. The Morgan fingerprint density at radius 1 is 1.25 bits per heavy atom. The van der Waals surface area contributed by atoms with E-state index in [0.29, 0.717) is 0 Å². The van der Waals surface area contributed by atoms with E-state index >= 15 is 0 Å². The smallest absolute Gasteiger partial charge is 0.117 e. The molecular weight excluding hydrogens is 265 g/mol. The number of fused-ring (bicyclic) bond motifs is 1. The van der Waals surface area contributed by atoms with E-state index in [2.05, 4.69) is 27.6 Å². The minimum Gasteiger partial charge on any atom is -0.508 e. The van der Waals surface area contributed by atoms with Gasteiger partial charge in [-0.2, -0.15) is 0 Å². The van der Waals surface area contributed by atoms with Gasteiger partial charge in [0.2, 0.25) is 0 Å². The molecule has 0 unspecified atom stereocenters. The number of rotatable bonds is 0. The van der Waals surface area contributed by atoms with Crippen LogP contribution in [0, 0.1) is 3.57 Å². The zero-order chi connectivity index (χ0) is 8.55. The maximum atomic E-state index is 9.18. The van der Waals surface area contributed by atoms with Gasteiger partial charge in [-0.15, -0.1) is 0 Å². The van der Waals surface area contributed by atoms with E-state index < -0.39 is 0 Å². The van der Waals surface area contributed by atoms with Crippen molar-refractivity contribution < 1.29 is 5.11 Å². The number of nitrogens with zero attached hydrogens (tertiary/aromatic N) is 1.